The van der Waals surface area contributed by atoms with Crippen molar-refractivity contribution in [1.82, 2.24) is 10.3 Å². The van der Waals surface area contributed by atoms with Gasteiger partial charge in [0.15, 0.2) is 5.96 Å². The number of nitrogens with zero attached hydrogens (tertiary/aromatic N) is 1. The molecule has 0 spiro atoms. The molecule has 2 heterocycles. The summed E-state index contributed by atoms with van der Waals surface area (Å²) in [5, 5.41) is 7.27. The van der Waals surface area contributed by atoms with Gasteiger partial charge in [0.05, 0.1) is 24.2 Å². The molecule has 1 aliphatic rings. The number of carbonyl (C=O) groups is 1. The summed E-state index contributed by atoms with van der Waals surface area (Å²) < 4.78 is 5.10. The number of nitrogens with one attached hydrogen (secondary N) is 3. The Balaban J connectivity index is 1.98. The highest BCUT2D eigenvalue weighted by molar-refractivity contribution is 6.06. The van der Waals surface area contributed by atoms with Gasteiger partial charge in [0.25, 0.3) is 0 Å². The second-order valence-corrected chi connectivity index (χ2v) is 4.47. The van der Waals surface area contributed by atoms with E-state index in [-0.39, 0.29) is 5.97 Å². The molecule has 1 aromatic carbocycles. The van der Waals surface area contributed by atoms with Crippen molar-refractivity contribution in [3.63, 3.8) is 0 Å². The minimum atomic E-state index is -0.329. The van der Waals surface area contributed by atoms with E-state index >= 15 is 0 Å². The summed E-state index contributed by atoms with van der Waals surface area (Å²) >= 11 is 0. The molecule has 0 atom stereocenters. The highest BCUT2D eigenvalue weighted by atomic mass is 16.5. The fraction of sp³-hybridized carbons (Fsp3) is 0.286. The number of hydrogen-bond acceptors (Lipinski definition) is 5. The van der Waals surface area contributed by atoms with E-state index in [1.807, 2.05) is 18.3 Å². The second-order valence-electron chi connectivity index (χ2n) is 4.47. The summed E-state index contributed by atoms with van der Waals surface area (Å²) in [6.07, 6.45) is 1.81. The smallest absolute Gasteiger partial charge is 0.340 e. The minimum absolute atomic E-state index is 0.329. The first-order valence-electron chi connectivity index (χ1n) is 6.61. The van der Waals surface area contributed by atoms with Crippen molar-refractivity contribution in [2.45, 2.75) is 6.92 Å². The van der Waals surface area contributed by atoms with E-state index in [0.29, 0.717) is 12.2 Å². The standard InChI is InChI=1S/C14H16N4O2/c1-2-20-13(19)11-8-10(18-14-16-5-6-17-14)7-9-3-4-15-12(9)11/h3-4,7-8,15H,2,5-6H2,1H3,(H2,16,17,18). The van der Waals surface area contributed by atoms with Crippen LogP contribution in [0.5, 0.6) is 0 Å². The van der Waals surface area contributed by atoms with Crippen LogP contribution in [0.1, 0.15) is 17.3 Å². The summed E-state index contributed by atoms with van der Waals surface area (Å²) in [6, 6.07) is 5.67. The minimum Gasteiger partial charge on any atom is -0.462 e. The Kier molecular flexibility index (Phi) is 3.28. The largest absolute Gasteiger partial charge is 0.462 e. The second kappa shape index (κ2) is 5.24. The number of esters is 1. The van der Waals surface area contributed by atoms with Crippen molar-refractivity contribution >= 4 is 28.5 Å². The molecular formula is C14H16N4O2. The zero-order valence-electron chi connectivity index (χ0n) is 11.2. The maximum atomic E-state index is 12.0. The van der Waals surface area contributed by atoms with Gasteiger partial charge < -0.3 is 20.4 Å². The van der Waals surface area contributed by atoms with Crippen LogP contribution < -0.4 is 10.6 Å². The lowest BCUT2D eigenvalue weighted by Crippen LogP contribution is -2.26. The molecule has 2 aromatic rings. The number of H-pyrrole nitrogens is 1. The van der Waals surface area contributed by atoms with Crippen LogP contribution in [-0.4, -0.2) is 36.6 Å². The average Bonchev–Trinajstić information content (AvgIpc) is 3.08. The highest BCUT2D eigenvalue weighted by Crippen LogP contribution is 2.24. The van der Waals surface area contributed by atoms with Gasteiger partial charge in [-0.1, -0.05) is 0 Å². The van der Waals surface area contributed by atoms with E-state index in [9.17, 15) is 4.79 Å². The average molecular weight is 272 g/mol. The van der Waals surface area contributed by atoms with Gasteiger partial charge in [-0.15, -0.1) is 0 Å². The van der Waals surface area contributed by atoms with Gasteiger partial charge in [-0.3, -0.25) is 4.99 Å². The molecule has 0 saturated carbocycles. The van der Waals surface area contributed by atoms with E-state index < -0.39 is 0 Å². The number of guanidine groups is 1. The van der Waals surface area contributed by atoms with E-state index in [1.165, 1.54) is 0 Å². The Hall–Kier alpha value is -2.50. The first-order valence-corrected chi connectivity index (χ1v) is 6.61. The molecule has 6 heteroatoms. The zero-order chi connectivity index (χ0) is 13.9. The number of aromatic amines is 1. The molecule has 20 heavy (non-hydrogen) atoms. The SMILES string of the molecule is CCOC(=O)c1cc(NC2=NCCN2)cc2cc[nH]c12. The van der Waals surface area contributed by atoms with E-state index in [2.05, 4.69) is 20.6 Å². The fourth-order valence-electron chi connectivity index (χ4n) is 2.23. The molecule has 0 saturated heterocycles. The third-order valence-electron chi connectivity index (χ3n) is 3.09. The van der Waals surface area contributed by atoms with Crippen LogP contribution in [-0.2, 0) is 4.74 Å². The maximum absolute atomic E-state index is 12.0. The molecule has 0 radical (unpaired) electrons. The van der Waals surface area contributed by atoms with Crippen molar-refractivity contribution in [2.24, 2.45) is 4.99 Å². The Bertz CT molecular complexity index is 675. The van der Waals surface area contributed by atoms with Gasteiger partial charge in [-0.2, -0.15) is 0 Å². The third kappa shape index (κ3) is 2.32. The molecule has 1 aliphatic heterocycles. The molecule has 0 aliphatic carbocycles. The topological polar surface area (TPSA) is 78.5 Å². The summed E-state index contributed by atoms with van der Waals surface area (Å²) in [5.74, 6) is 0.402. The van der Waals surface area contributed by atoms with Gasteiger partial charge in [-0.25, -0.2) is 4.79 Å². The maximum Gasteiger partial charge on any atom is 0.340 e. The first kappa shape index (κ1) is 12.5. The van der Waals surface area contributed by atoms with Gasteiger partial charge >= 0.3 is 5.97 Å². The number of fused-ring (bicyclic) bond motifs is 1. The number of aromatic nitrogens is 1. The fourth-order valence-corrected chi connectivity index (χ4v) is 2.23. The summed E-state index contributed by atoms with van der Waals surface area (Å²) in [5.41, 5.74) is 2.12. The number of ether oxygens (including phenoxy) is 1. The molecule has 3 N–H and O–H groups in total. The number of aliphatic imine (C=N–C) groups is 1. The monoisotopic (exact) mass is 272 g/mol. The van der Waals surface area contributed by atoms with Crippen LogP contribution in [0.3, 0.4) is 0 Å². The van der Waals surface area contributed by atoms with Gasteiger partial charge in [0.2, 0.25) is 0 Å². The molecular weight excluding hydrogens is 256 g/mol. The third-order valence-corrected chi connectivity index (χ3v) is 3.09. The van der Waals surface area contributed by atoms with Crippen molar-refractivity contribution < 1.29 is 9.53 Å². The van der Waals surface area contributed by atoms with Crippen LogP contribution in [0.15, 0.2) is 29.4 Å². The predicted molar refractivity (Wildman–Crippen MR) is 78.2 cm³/mol. The molecule has 0 unspecified atom stereocenters. The zero-order valence-corrected chi connectivity index (χ0v) is 11.2. The Morgan fingerprint density at radius 1 is 1.50 bits per heavy atom. The quantitative estimate of drug-likeness (QED) is 0.743. The molecule has 104 valence electrons. The molecule has 6 nitrogen and oxygen atoms in total. The molecule has 1 aromatic heterocycles. The van der Waals surface area contributed by atoms with Gasteiger partial charge in [0.1, 0.15) is 0 Å². The lowest BCUT2D eigenvalue weighted by molar-refractivity contribution is 0.0528. The lowest BCUT2D eigenvalue weighted by Gasteiger charge is -2.10. The Morgan fingerprint density at radius 3 is 3.15 bits per heavy atom. The van der Waals surface area contributed by atoms with Gasteiger partial charge in [0, 0.05) is 23.8 Å². The number of hydrogen-bond donors (Lipinski definition) is 3. The van der Waals surface area contributed by atoms with Crippen LogP contribution in [0, 0.1) is 0 Å². The molecule has 0 amide bonds. The van der Waals surface area contributed by atoms with Gasteiger partial charge in [-0.05, 0) is 25.1 Å². The first-order chi connectivity index (χ1) is 9.78. The van der Waals surface area contributed by atoms with Crippen LogP contribution in [0.4, 0.5) is 5.69 Å². The Labute approximate surface area is 116 Å². The van der Waals surface area contributed by atoms with E-state index in [0.717, 1.165) is 35.6 Å². The summed E-state index contributed by atoms with van der Waals surface area (Å²) in [6.45, 7) is 3.75. The number of carbonyl (C=O) groups excluding carboxylic acids is 1. The normalized spacial score (nSPS) is 13.9. The number of benzene rings is 1. The van der Waals surface area contributed by atoms with E-state index in [1.54, 1.807) is 13.0 Å². The Morgan fingerprint density at radius 2 is 2.40 bits per heavy atom. The van der Waals surface area contributed by atoms with Crippen molar-refractivity contribution in [3.05, 3.63) is 30.0 Å². The lowest BCUT2D eigenvalue weighted by atomic mass is 10.1. The van der Waals surface area contributed by atoms with Crippen LogP contribution >= 0.6 is 0 Å². The predicted octanol–water partition coefficient (Wildman–Crippen LogP) is 1.72. The molecule has 0 fully saturated rings. The van der Waals surface area contributed by atoms with Crippen LogP contribution in [0.25, 0.3) is 10.9 Å². The number of rotatable bonds is 3. The number of anilines is 1. The molecule has 0 bridgehead atoms. The van der Waals surface area contributed by atoms with Crippen LogP contribution in [0.2, 0.25) is 0 Å². The summed E-state index contributed by atoms with van der Waals surface area (Å²) in [7, 11) is 0. The van der Waals surface area contributed by atoms with Crippen molar-refractivity contribution in [1.29, 1.82) is 0 Å². The highest BCUT2D eigenvalue weighted by Gasteiger charge is 2.15. The van der Waals surface area contributed by atoms with Crippen molar-refractivity contribution in [3.8, 4) is 0 Å². The molecule has 3 rings (SSSR count). The van der Waals surface area contributed by atoms with E-state index in [4.69, 9.17) is 4.74 Å². The van der Waals surface area contributed by atoms with Crippen molar-refractivity contribution in [2.75, 3.05) is 25.0 Å². The summed E-state index contributed by atoms with van der Waals surface area (Å²) in [4.78, 5) is 19.4.